The minimum atomic E-state index is -0.642. The van der Waals surface area contributed by atoms with Crippen molar-refractivity contribution in [1.29, 1.82) is 0 Å². The lowest BCUT2D eigenvalue weighted by atomic mass is 10.2. The topological polar surface area (TPSA) is 63.0 Å². The normalized spacial score (nSPS) is 17.9. The average molecular weight is 385 g/mol. The lowest BCUT2D eigenvalue weighted by Gasteiger charge is -2.29. The molecule has 0 saturated carbocycles. The molecule has 1 saturated heterocycles. The molecule has 0 aliphatic carbocycles. The summed E-state index contributed by atoms with van der Waals surface area (Å²) in [6, 6.07) is 3.65. The zero-order valence-corrected chi connectivity index (χ0v) is 16.4. The van der Waals surface area contributed by atoms with E-state index in [1.54, 1.807) is 29.1 Å². The van der Waals surface area contributed by atoms with Gasteiger partial charge in [-0.1, -0.05) is 13.3 Å². The molecule has 26 heavy (non-hydrogen) atoms. The molecule has 2 atom stereocenters. The minimum absolute atomic E-state index is 0.0311. The van der Waals surface area contributed by atoms with Gasteiger partial charge in [0.25, 0.3) is 0 Å². The molecule has 146 valence electrons. The van der Waals surface area contributed by atoms with Gasteiger partial charge < -0.3 is 19.0 Å². The average Bonchev–Trinajstić information content (AvgIpc) is 3.31. The van der Waals surface area contributed by atoms with Crippen molar-refractivity contribution in [3.63, 3.8) is 0 Å². The van der Waals surface area contributed by atoms with Gasteiger partial charge in [0.2, 0.25) is 11.8 Å². The second-order valence-electron chi connectivity index (χ2n) is 6.72. The minimum Gasteiger partial charge on any atom is -0.467 e. The van der Waals surface area contributed by atoms with Gasteiger partial charge in [0.05, 0.1) is 25.5 Å². The van der Waals surface area contributed by atoms with E-state index in [1.807, 2.05) is 6.07 Å². The van der Waals surface area contributed by atoms with Crippen LogP contribution in [-0.4, -0.2) is 59.3 Å². The predicted molar refractivity (Wildman–Crippen MR) is 99.9 cm³/mol. The summed E-state index contributed by atoms with van der Waals surface area (Å²) in [5, 5.41) is -0.642. The van der Waals surface area contributed by atoms with Gasteiger partial charge in [0.1, 0.15) is 11.1 Å². The fourth-order valence-electron chi connectivity index (χ4n) is 3.01. The highest BCUT2D eigenvalue weighted by molar-refractivity contribution is 6.30. The molecular formula is C19H29ClN2O4. The maximum atomic E-state index is 12.9. The summed E-state index contributed by atoms with van der Waals surface area (Å²) in [4.78, 5) is 28.6. The zero-order chi connectivity index (χ0) is 18.9. The van der Waals surface area contributed by atoms with Crippen LogP contribution in [-0.2, 0) is 20.9 Å². The summed E-state index contributed by atoms with van der Waals surface area (Å²) in [6.07, 6.45) is 5.38. The van der Waals surface area contributed by atoms with Crippen LogP contribution in [0.1, 0.15) is 45.3 Å². The molecule has 7 heteroatoms. The zero-order valence-electron chi connectivity index (χ0n) is 15.7. The molecule has 1 aromatic heterocycles. The third-order valence-electron chi connectivity index (χ3n) is 4.49. The molecule has 1 aliphatic heterocycles. The number of rotatable bonds is 10. The van der Waals surface area contributed by atoms with Crippen LogP contribution in [0.25, 0.3) is 0 Å². The fourth-order valence-corrected chi connectivity index (χ4v) is 3.15. The number of carbonyl (C=O) groups excluding carboxylic acids is 2. The lowest BCUT2D eigenvalue weighted by molar-refractivity contribution is -0.141. The van der Waals surface area contributed by atoms with E-state index < -0.39 is 5.38 Å². The number of hydrogen-bond donors (Lipinski definition) is 0. The van der Waals surface area contributed by atoms with Crippen molar-refractivity contribution >= 4 is 23.4 Å². The van der Waals surface area contributed by atoms with Crippen molar-refractivity contribution in [2.75, 3.05) is 26.2 Å². The third kappa shape index (κ3) is 6.32. The number of halogens is 1. The van der Waals surface area contributed by atoms with Crippen LogP contribution < -0.4 is 0 Å². The molecule has 0 spiro atoms. The first-order valence-corrected chi connectivity index (χ1v) is 9.79. The first-order valence-electron chi connectivity index (χ1n) is 9.35. The molecule has 0 bridgehead atoms. The van der Waals surface area contributed by atoms with Gasteiger partial charge in [-0.15, -0.1) is 11.6 Å². The second kappa shape index (κ2) is 10.6. The molecule has 2 rings (SSSR count). The largest absolute Gasteiger partial charge is 0.467 e. The highest BCUT2D eigenvalue weighted by Gasteiger charge is 2.27. The van der Waals surface area contributed by atoms with Gasteiger partial charge in [-0.2, -0.15) is 0 Å². The van der Waals surface area contributed by atoms with Crippen LogP contribution in [0.2, 0.25) is 0 Å². The molecule has 1 fully saturated rings. The molecule has 2 amide bonds. The maximum Gasteiger partial charge on any atom is 0.242 e. The van der Waals surface area contributed by atoms with Crippen molar-refractivity contribution in [1.82, 2.24) is 9.80 Å². The molecule has 2 heterocycles. The van der Waals surface area contributed by atoms with Gasteiger partial charge >= 0.3 is 0 Å². The maximum absolute atomic E-state index is 12.9. The summed E-state index contributed by atoms with van der Waals surface area (Å²) in [5.74, 6) is 0.399. The summed E-state index contributed by atoms with van der Waals surface area (Å²) in [7, 11) is 0. The molecule has 0 N–H and O–H groups in total. The van der Waals surface area contributed by atoms with Crippen molar-refractivity contribution in [2.24, 2.45) is 0 Å². The Morgan fingerprint density at radius 3 is 2.77 bits per heavy atom. The van der Waals surface area contributed by atoms with Crippen LogP contribution in [0, 0.1) is 0 Å². The Kier molecular flexibility index (Phi) is 8.45. The predicted octanol–water partition coefficient (Wildman–Crippen LogP) is 3.04. The van der Waals surface area contributed by atoms with Crippen molar-refractivity contribution in [3.05, 3.63) is 24.2 Å². The number of amides is 2. The first-order chi connectivity index (χ1) is 12.5. The molecule has 6 nitrogen and oxygen atoms in total. The summed E-state index contributed by atoms with van der Waals surface area (Å²) in [6.45, 7) is 5.87. The summed E-state index contributed by atoms with van der Waals surface area (Å²) >= 11 is 5.97. The number of hydrogen-bond acceptors (Lipinski definition) is 4. The van der Waals surface area contributed by atoms with E-state index in [4.69, 9.17) is 20.8 Å². The highest BCUT2D eigenvalue weighted by Crippen LogP contribution is 2.16. The van der Waals surface area contributed by atoms with Crippen molar-refractivity contribution in [3.8, 4) is 0 Å². The monoisotopic (exact) mass is 384 g/mol. The van der Waals surface area contributed by atoms with Gasteiger partial charge in [-0.25, -0.2) is 0 Å². The van der Waals surface area contributed by atoms with E-state index >= 15 is 0 Å². The number of carbonyl (C=O) groups is 2. The fraction of sp³-hybridized carbons (Fsp3) is 0.684. The quantitative estimate of drug-likeness (QED) is 0.581. The van der Waals surface area contributed by atoms with Crippen molar-refractivity contribution < 1.29 is 18.7 Å². The number of nitrogens with zero attached hydrogens (tertiary/aromatic N) is 2. The third-order valence-corrected chi connectivity index (χ3v) is 4.67. The standard InChI is InChI=1S/C19H29ClN2O4/c1-3-4-9-21(19(24)15(2)20)14-18(23)22(12-16-7-5-10-25-16)13-17-8-6-11-26-17/h5,7,10,15,17H,3-4,6,8-9,11-14H2,1-2H3/t15-,17-/m0/s1. The van der Waals surface area contributed by atoms with E-state index in [0.717, 1.165) is 32.3 Å². The SMILES string of the molecule is CCCCN(CC(=O)N(Cc1ccco1)C[C@@H]1CCCO1)C(=O)[C@H](C)Cl. The van der Waals surface area contributed by atoms with Crippen LogP contribution in [0.4, 0.5) is 0 Å². The number of alkyl halides is 1. The Balaban J connectivity index is 2.05. The van der Waals surface area contributed by atoms with E-state index in [9.17, 15) is 9.59 Å². The molecule has 0 unspecified atom stereocenters. The molecule has 0 radical (unpaired) electrons. The van der Waals surface area contributed by atoms with E-state index in [1.165, 1.54) is 0 Å². The molecular weight excluding hydrogens is 356 g/mol. The van der Waals surface area contributed by atoms with Gasteiger partial charge in [-0.3, -0.25) is 9.59 Å². The first kappa shape index (κ1) is 20.8. The molecule has 1 aliphatic rings. The van der Waals surface area contributed by atoms with Crippen LogP contribution in [0.15, 0.2) is 22.8 Å². The smallest absolute Gasteiger partial charge is 0.242 e. The number of unbranched alkanes of at least 4 members (excludes halogenated alkanes) is 1. The Bertz CT molecular complexity index is 556. The summed E-state index contributed by atoms with van der Waals surface area (Å²) in [5.41, 5.74) is 0. The van der Waals surface area contributed by atoms with E-state index in [0.29, 0.717) is 25.4 Å². The Labute approximate surface area is 160 Å². The summed E-state index contributed by atoms with van der Waals surface area (Å²) < 4.78 is 11.1. The van der Waals surface area contributed by atoms with Gasteiger partial charge in [0.15, 0.2) is 0 Å². The second-order valence-corrected chi connectivity index (χ2v) is 7.37. The lowest BCUT2D eigenvalue weighted by Crippen LogP contribution is -2.46. The van der Waals surface area contributed by atoms with Crippen LogP contribution in [0.3, 0.4) is 0 Å². The Morgan fingerprint density at radius 2 is 2.19 bits per heavy atom. The van der Waals surface area contributed by atoms with E-state index in [-0.39, 0.29) is 24.5 Å². The van der Waals surface area contributed by atoms with Crippen LogP contribution >= 0.6 is 11.6 Å². The molecule has 1 aromatic rings. The highest BCUT2D eigenvalue weighted by atomic mass is 35.5. The Morgan fingerprint density at radius 1 is 1.38 bits per heavy atom. The Hall–Kier alpha value is -1.53. The number of ether oxygens (including phenoxy) is 1. The number of furan rings is 1. The molecule has 0 aromatic carbocycles. The van der Waals surface area contributed by atoms with Gasteiger partial charge in [-0.05, 0) is 38.3 Å². The van der Waals surface area contributed by atoms with E-state index in [2.05, 4.69) is 6.92 Å². The van der Waals surface area contributed by atoms with Crippen LogP contribution in [0.5, 0.6) is 0 Å². The van der Waals surface area contributed by atoms with Crippen molar-refractivity contribution in [2.45, 2.75) is 57.6 Å². The van der Waals surface area contributed by atoms with Gasteiger partial charge in [0, 0.05) is 19.7 Å².